The van der Waals surface area contributed by atoms with Crippen LogP contribution in [0.4, 0.5) is 0 Å². The van der Waals surface area contributed by atoms with Gasteiger partial charge < -0.3 is 5.11 Å². The number of hydrogen-bond acceptors (Lipinski definition) is 3. The monoisotopic (exact) mass is 284 g/mol. The van der Waals surface area contributed by atoms with Gasteiger partial charge in [0.15, 0.2) is 0 Å². The van der Waals surface area contributed by atoms with Gasteiger partial charge >= 0.3 is 0 Å². The molecule has 1 saturated heterocycles. The van der Waals surface area contributed by atoms with Gasteiger partial charge in [-0.25, -0.2) is 0 Å². The fourth-order valence-electron chi connectivity index (χ4n) is 3.53. The lowest BCUT2D eigenvalue weighted by molar-refractivity contribution is 0.0764. The van der Waals surface area contributed by atoms with Gasteiger partial charge in [-0.2, -0.15) is 0 Å². The summed E-state index contributed by atoms with van der Waals surface area (Å²) in [5.41, 5.74) is 4.38. The Balaban J connectivity index is 2.06. The van der Waals surface area contributed by atoms with Crippen LogP contribution in [0, 0.1) is 13.8 Å². The van der Waals surface area contributed by atoms with E-state index in [2.05, 4.69) is 36.7 Å². The number of rotatable bonds is 3. The first-order chi connectivity index (χ1) is 10.1. The molecule has 2 unspecified atom stereocenters. The first kappa shape index (κ1) is 14.5. The molecule has 1 aromatic carbocycles. The van der Waals surface area contributed by atoms with Crippen LogP contribution in [-0.4, -0.2) is 34.1 Å². The predicted octanol–water partition coefficient (Wildman–Crippen LogP) is 3.37. The van der Waals surface area contributed by atoms with Crippen molar-refractivity contribution in [3.05, 3.63) is 41.1 Å². The van der Waals surface area contributed by atoms with Crippen LogP contribution in [-0.2, 0) is 0 Å². The Labute approximate surface area is 126 Å². The van der Waals surface area contributed by atoms with Gasteiger partial charge in [0.2, 0.25) is 0 Å². The SMILES string of the molecule is CCN1CCCC1C(O)c1cccc2c(C)c(C)cnc12. The van der Waals surface area contributed by atoms with E-state index in [-0.39, 0.29) is 6.04 Å². The number of hydrogen-bond donors (Lipinski definition) is 1. The average molecular weight is 284 g/mol. The average Bonchev–Trinajstić information content (AvgIpc) is 2.98. The van der Waals surface area contributed by atoms with Gasteiger partial charge in [0.1, 0.15) is 0 Å². The van der Waals surface area contributed by atoms with Crippen molar-refractivity contribution in [1.82, 2.24) is 9.88 Å². The van der Waals surface area contributed by atoms with E-state index in [0.717, 1.165) is 36.0 Å². The van der Waals surface area contributed by atoms with Crippen molar-refractivity contribution in [3.8, 4) is 0 Å². The Kier molecular flexibility index (Phi) is 3.96. The number of aromatic nitrogens is 1. The highest BCUT2D eigenvalue weighted by molar-refractivity contribution is 5.85. The lowest BCUT2D eigenvalue weighted by Gasteiger charge is -2.28. The summed E-state index contributed by atoms with van der Waals surface area (Å²) in [5, 5.41) is 12.1. The van der Waals surface area contributed by atoms with Crippen molar-refractivity contribution in [1.29, 1.82) is 0 Å². The van der Waals surface area contributed by atoms with E-state index >= 15 is 0 Å². The highest BCUT2D eigenvalue weighted by Crippen LogP contribution is 2.33. The Morgan fingerprint density at radius 1 is 1.38 bits per heavy atom. The van der Waals surface area contributed by atoms with E-state index in [9.17, 15) is 5.11 Å². The van der Waals surface area contributed by atoms with Crippen molar-refractivity contribution in [3.63, 3.8) is 0 Å². The van der Waals surface area contributed by atoms with Gasteiger partial charge in [0, 0.05) is 23.2 Å². The molecule has 3 rings (SSSR count). The smallest absolute Gasteiger partial charge is 0.0966 e. The molecule has 21 heavy (non-hydrogen) atoms. The third kappa shape index (κ3) is 2.45. The van der Waals surface area contributed by atoms with Crippen molar-refractivity contribution in [2.24, 2.45) is 0 Å². The number of para-hydroxylation sites is 1. The summed E-state index contributed by atoms with van der Waals surface area (Å²) in [6.07, 6.45) is 3.70. The molecular formula is C18H24N2O. The molecule has 3 heteroatoms. The molecule has 1 aliphatic rings. The van der Waals surface area contributed by atoms with Crippen LogP contribution in [0.5, 0.6) is 0 Å². The summed E-state index contributed by atoms with van der Waals surface area (Å²) in [4.78, 5) is 6.99. The normalized spacial score (nSPS) is 21.0. The molecule has 1 aromatic heterocycles. The minimum absolute atomic E-state index is 0.226. The Morgan fingerprint density at radius 2 is 2.19 bits per heavy atom. The number of nitrogens with zero attached hydrogens (tertiary/aromatic N) is 2. The topological polar surface area (TPSA) is 36.4 Å². The van der Waals surface area contributed by atoms with E-state index < -0.39 is 6.10 Å². The second-order valence-electron chi connectivity index (χ2n) is 6.09. The zero-order valence-electron chi connectivity index (χ0n) is 13.1. The van der Waals surface area contributed by atoms with Crippen LogP contribution < -0.4 is 0 Å². The third-order valence-electron chi connectivity index (χ3n) is 4.95. The fraction of sp³-hybridized carbons (Fsp3) is 0.500. The summed E-state index contributed by atoms with van der Waals surface area (Å²) in [6.45, 7) is 8.47. The van der Waals surface area contributed by atoms with Gasteiger partial charge in [-0.3, -0.25) is 9.88 Å². The summed E-state index contributed by atoms with van der Waals surface area (Å²) in [5.74, 6) is 0. The molecule has 112 valence electrons. The minimum Gasteiger partial charge on any atom is -0.387 e. The maximum Gasteiger partial charge on any atom is 0.0966 e. The Hall–Kier alpha value is -1.45. The molecule has 2 aromatic rings. The van der Waals surface area contributed by atoms with E-state index in [1.807, 2.05) is 18.3 Å². The quantitative estimate of drug-likeness (QED) is 0.939. The summed E-state index contributed by atoms with van der Waals surface area (Å²) in [7, 11) is 0. The number of likely N-dealkylation sites (tertiary alicyclic amines) is 1. The molecule has 2 heterocycles. The maximum absolute atomic E-state index is 10.9. The van der Waals surface area contributed by atoms with Gasteiger partial charge in [-0.1, -0.05) is 25.1 Å². The molecule has 3 nitrogen and oxygen atoms in total. The molecule has 2 atom stereocenters. The first-order valence-electron chi connectivity index (χ1n) is 7.90. The van der Waals surface area contributed by atoms with Crippen LogP contribution in [0.2, 0.25) is 0 Å². The summed E-state index contributed by atoms with van der Waals surface area (Å²) < 4.78 is 0. The lowest BCUT2D eigenvalue weighted by Crippen LogP contribution is -2.34. The fourth-order valence-corrected chi connectivity index (χ4v) is 3.53. The molecule has 0 radical (unpaired) electrons. The Bertz CT molecular complexity index is 653. The number of aliphatic hydroxyl groups is 1. The van der Waals surface area contributed by atoms with Crippen LogP contribution in [0.15, 0.2) is 24.4 Å². The van der Waals surface area contributed by atoms with Crippen LogP contribution >= 0.6 is 0 Å². The molecule has 0 spiro atoms. The standard InChI is InChI=1S/C18H24N2O/c1-4-20-10-6-9-16(20)18(21)15-8-5-7-14-13(3)12(2)11-19-17(14)15/h5,7-8,11,16,18,21H,4,6,9-10H2,1-3H3. The van der Waals surface area contributed by atoms with Gasteiger partial charge in [0.05, 0.1) is 11.6 Å². The van der Waals surface area contributed by atoms with Gasteiger partial charge in [0.25, 0.3) is 0 Å². The molecular weight excluding hydrogens is 260 g/mol. The molecule has 0 amide bonds. The van der Waals surface area contributed by atoms with Crippen molar-refractivity contribution in [2.45, 2.75) is 45.8 Å². The van der Waals surface area contributed by atoms with E-state index in [1.165, 1.54) is 17.5 Å². The molecule has 0 aliphatic carbocycles. The number of fused-ring (bicyclic) bond motifs is 1. The molecule has 0 bridgehead atoms. The number of aryl methyl sites for hydroxylation is 2. The molecule has 1 aliphatic heterocycles. The summed E-state index contributed by atoms with van der Waals surface area (Å²) >= 11 is 0. The first-order valence-corrected chi connectivity index (χ1v) is 7.90. The molecule has 0 saturated carbocycles. The van der Waals surface area contributed by atoms with Gasteiger partial charge in [-0.05, 0) is 50.9 Å². The number of pyridine rings is 1. The zero-order chi connectivity index (χ0) is 15.0. The largest absolute Gasteiger partial charge is 0.387 e. The maximum atomic E-state index is 10.9. The second-order valence-corrected chi connectivity index (χ2v) is 6.09. The Morgan fingerprint density at radius 3 is 2.95 bits per heavy atom. The minimum atomic E-state index is -0.453. The van der Waals surface area contributed by atoms with Crippen LogP contribution in [0.3, 0.4) is 0 Å². The highest BCUT2D eigenvalue weighted by atomic mass is 16.3. The molecule has 1 N–H and O–H groups in total. The third-order valence-corrected chi connectivity index (χ3v) is 4.95. The highest BCUT2D eigenvalue weighted by Gasteiger charge is 2.31. The number of likely N-dealkylation sites (N-methyl/N-ethyl adjacent to an activating group) is 1. The zero-order valence-corrected chi connectivity index (χ0v) is 13.1. The van der Waals surface area contributed by atoms with Crippen LogP contribution in [0.1, 0.15) is 42.6 Å². The lowest BCUT2D eigenvalue weighted by atomic mass is 9.95. The van der Waals surface area contributed by atoms with Crippen molar-refractivity contribution >= 4 is 10.9 Å². The molecule has 1 fully saturated rings. The van der Waals surface area contributed by atoms with Crippen molar-refractivity contribution < 1.29 is 5.11 Å². The van der Waals surface area contributed by atoms with Crippen LogP contribution in [0.25, 0.3) is 10.9 Å². The summed E-state index contributed by atoms with van der Waals surface area (Å²) in [6, 6.07) is 6.40. The predicted molar refractivity (Wildman–Crippen MR) is 86.4 cm³/mol. The van der Waals surface area contributed by atoms with Gasteiger partial charge in [-0.15, -0.1) is 0 Å². The van der Waals surface area contributed by atoms with E-state index in [0.29, 0.717) is 0 Å². The van der Waals surface area contributed by atoms with E-state index in [1.54, 1.807) is 0 Å². The van der Waals surface area contributed by atoms with E-state index in [4.69, 9.17) is 0 Å². The second kappa shape index (κ2) is 5.74. The van der Waals surface area contributed by atoms with Crippen molar-refractivity contribution in [2.75, 3.05) is 13.1 Å². The number of aliphatic hydroxyl groups excluding tert-OH is 1. The number of benzene rings is 1.